The molecule has 1 atom stereocenters. The molecule has 0 fully saturated rings. The van der Waals surface area contributed by atoms with Crippen LogP contribution in [0.4, 0.5) is 0 Å². The minimum Gasteiger partial charge on any atom is -0.870 e. The average Bonchev–Trinajstić information content (AvgIpc) is 1.88. The molecule has 1 aromatic carbocycles. The van der Waals surface area contributed by atoms with Crippen LogP contribution >= 0.6 is 0 Å². The van der Waals surface area contributed by atoms with Crippen LogP contribution in [0.2, 0.25) is 0 Å². The van der Waals surface area contributed by atoms with Crippen molar-refractivity contribution in [3.8, 4) is 5.75 Å². The van der Waals surface area contributed by atoms with Gasteiger partial charge in [-0.1, -0.05) is 18.2 Å². The molecule has 4 heteroatoms. The number of ether oxygens (including phenoxy) is 1. The number of benzene rings is 1. The molecule has 1 aromatic rings. The maximum absolute atomic E-state index is 8.78. The maximum atomic E-state index is 8.78. The van der Waals surface area contributed by atoms with Gasteiger partial charge in [-0.25, -0.2) is 0 Å². The third-order valence-electron chi connectivity index (χ3n) is 1.05. The standard InChI is InChI=1S/C8H10O2.K.H2O/c1-7(9)10-8-5-3-2-4-6-8;;/h2-7,9H,1H3;;1H2/q;+1;/p-1. The van der Waals surface area contributed by atoms with Gasteiger partial charge in [0, 0.05) is 0 Å². The van der Waals surface area contributed by atoms with E-state index in [1.165, 1.54) is 0 Å². The van der Waals surface area contributed by atoms with Gasteiger partial charge in [0.1, 0.15) is 5.75 Å². The van der Waals surface area contributed by atoms with Crippen LogP contribution in [0.25, 0.3) is 0 Å². The summed E-state index contributed by atoms with van der Waals surface area (Å²) in [6.45, 7) is 1.58. The van der Waals surface area contributed by atoms with Crippen LogP contribution in [0.3, 0.4) is 0 Å². The molecular formula is C8H11KO3. The first-order valence-electron chi connectivity index (χ1n) is 3.19. The third kappa shape index (κ3) is 6.13. The summed E-state index contributed by atoms with van der Waals surface area (Å²) in [6.07, 6.45) is -0.734. The van der Waals surface area contributed by atoms with Crippen molar-refractivity contribution in [1.82, 2.24) is 0 Å². The Kier molecular flexibility index (Phi) is 10.3. The number of hydrogen-bond acceptors (Lipinski definition) is 3. The molecule has 0 spiro atoms. The molecule has 0 aromatic heterocycles. The predicted molar refractivity (Wildman–Crippen MR) is 40.7 cm³/mol. The van der Waals surface area contributed by atoms with E-state index in [0.29, 0.717) is 5.75 Å². The Morgan fingerprint density at radius 2 is 1.75 bits per heavy atom. The number of rotatable bonds is 2. The Hall–Kier alpha value is 0.576. The first-order valence-corrected chi connectivity index (χ1v) is 3.19. The van der Waals surface area contributed by atoms with E-state index >= 15 is 0 Å². The van der Waals surface area contributed by atoms with Gasteiger partial charge in [-0.2, -0.15) is 0 Å². The van der Waals surface area contributed by atoms with Crippen LogP contribution in [0.5, 0.6) is 5.75 Å². The van der Waals surface area contributed by atoms with E-state index in [1.807, 2.05) is 18.2 Å². The molecule has 0 radical (unpaired) electrons. The second-order valence-corrected chi connectivity index (χ2v) is 2.03. The molecule has 12 heavy (non-hydrogen) atoms. The van der Waals surface area contributed by atoms with Gasteiger partial charge in [0.05, 0.1) is 0 Å². The maximum Gasteiger partial charge on any atom is 1.00 e. The van der Waals surface area contributed by atoms with Crippen molar-refractivity contribution in [2.75, 3.05) is 0 Å². The van der Waals surface area contributed by atoms with E-state index in [4.69, 9.17) is 9.84 Å². The molecule has 0 amide bonds. The first kappa shape index (κ1) is 15.1. The number of aliphatic hydroxyl groups is 1. The molecule has 0 saturated carbocycles. The molecule has 0 heterocycles. The fourth-order valence-corrected chi connectivity index (χ4v) is 0.696. The smallest absolute Gasteiger partial charge is 0.870 e. The molecule has 0 aliphatic carbocycles. The number of hydrogen-bond donors (Lipinski definition) is 1. The second-order valence-electron chi connectivity index (χ2n) is 2.03. The Balaban J connectivity index is 0. The largest absolute Gasteiger partial charge is 1.00 e. The van der Waals surface area contributed by atoms with Crippen molar-refractivity contribution in [3.05, 3.63) is 30.3 Å². The van der Waals surface area contributed by atoms with E-state index in [-0.39, 0.29) is 56.9 Å². The van der Waals surface area contributed by atoms with Gasteiger partial charge in [0.15, 0.2) is 6.29 Å². The van der Waals surface area contributed by atoms with E-state index in [0.717, 1.165) is 0 Å². The van der Waals surface area contributed by atoms with Gasteiger partial charge in [-0.15, -0.1) is 0 Å². The molecule has 0 saturated heterocycles. The molecule has 2 N–H and O–H groups in total. The second kappa shape index (κ2) is 8.19. The van der Waals surface area contributed by atoms with Gasteiger partial charge < -0.3 is 15.3 Å². The fraction of sp³-hybridized carbons (Fsp3) is 0.250. The molecule has 0 bridgehead atoms. The Bertz CT molecular complexity index is 189. The molecule has 1 rings (SSSR count). The zero-order valence-electron chi connectivity index (χ0n) is 7.27. The van der Waals surface area contributed by atoms with Gasteiger partial charge in [-0.05, 0) is 19.1 Å². The van der Waals surface area contributed by atoms with Crippen molar-refractivity contribution in [2.24, 2.45) is 0 Å². The summed E-state index contributed by atoms with van der Waals surface area (Å²) < 4.78 is 4.97. The summed E-state index contributed by atoms with van der Waals surface area (Å²) in [5.41, 5.74) is 0. The van der Waals surface area contributed by atoms with Crippen LogP contribution in [0.15, 0.2) is 30.3 Å². The van der Waals surface area contributed by atoms with Gasteiger partial charge >= 0.3 is 51.4 Å². The minimum atomic E-state index is -0.734. The van der Waals surface area contributed by atoms with E-state index in [2.05, 4.69) is 0 Å². The minimum absolute atomic E-state index is 0. The van der Waals surface area contributed by atoms with Crippen LogP contribution in [-0.2, 0) is 0 Å². The zero-order valence-corrected chi connectivity index (χ0v) is 10.4. The zero-order chi connectivity index (χ0) is 7.40. The summed E-state index contributed by atoms with van der Waals surface area (Å²) in [4.78, 5) is 0. The third-order valence-corrected chi connectivity index (χ3v) is 1.05. The number of para-hydroxylation sites is 1. The van der Waals surface area contributed by atoms with Crippen molar-refractivity contribution in [3.63, 3.8) is 0 Å². The van der Waals surface area contributed by atoms with Crippen molar-refractivity contribution in [2.45, 2.75) is 13.2 Å². The van der Waals surface area contributed by atoms with Crippen molar-refractivity contribution < 1.29 is 66.7 Å². The van der Waals surface area contributed by atoms with E-state index in [1.54, 1.807) is 19.1 Å². The molecule has 0 aliphatic rings. The Morgan fingerprint density at radius 1 is 1.25 bits per heavy atom. The summed E-state index contributed by atoms with van der Waals surface area (Å²) in [7, 11) is 0. The normalized spacial score (nSPS) is 10.5. The molecule has 62 valence electrons. The van der Waals surface area contributed by atoms with E-state index in [9.17, 15) is 0 Å². The molecule has 1 unspecified atom stereocenters. The SMILES string of the molecule is CC(O)Oc1ccccc1.[K+].[OH-]. The van der Waals surface area contributed by atoms with Crippen LogP contribution in [0, 0.1) is 0 Å². The van der Waals surface area contributed by atoms with E-state index < -0.39 is 6.29 Å². The number of aliphatic hydroxyl groups excluding tert-OH is 1. The van der Waals surface area contributed by atoms with Gasteiger partial charge in [-0.3, -0.25) is 0 Å². The van der Waals surface area contributed by atoms with Gasteiger partial charge in [0.2, 0.25) is 0 Å². The topological polar surface area (TPSA) is 59.5 Å². The summed E-state index contributed by atoms with van der Waals surface area (Å²) >= 11 is 0. The Morgan fingerprint density at radius 3 is 2.17 bits per heavy atom. The fourth-order valence-electron chi connectivity index (χ4n) is 0.696. The van der Waals surface area contributed by atoms with Crippen LogP contribution in [-0.4, -0.2) is 16.9 Å². The quantitative estimate of drug-likeness (QED) is 0.448. The molecule has 0 aliphatic heterocycles. The van der Waals surface area contributed by atoms with Crippen molar-refractivity contribution in [1.29, 1.82) is 0 Å². The molecule has 3 nitrogen and oxygen atoms in total. The summed E-state index contributed by atoms with van der Waals surface area (Å²) in [6, 6.07) is 9.21. The van der Waals surface area contributed by atoms with Crippen LogP contribution < -0.4 is 56.1 Å². The van der Waals surface area contributed by atoms with Crippen LogP contribution in [0.1, 0.15) is 6.92 Å². The van der Waals surface area contributed by atoms with Gasteiger partial charge in [0.25, 0.3) is 0 Å². The predicted octanol–water partition coefficient (Wildman–Crippen LogP) is -1.77. The monoisotopic (exact) mass is 194 g/mol. The summed E-state index contributed by atoms with van der Waals surface area (Å²) in [5.74, 6) is 0.692. The van der Waals surface area contributed by atoms with Crippen molar-refractivity contribution >= 4 is 0 Å². The summed E-state index contributed by atoms with van der Waals surface area (Å²) in [5, 5.41) is 8.78. The molecular weight excluding hydrogens is 183 g/mol. The average molecular weight is 194 g/mol. The first-order chi connectivity index (χ1) is 4.79. The Labute approximate surface area is 114 Å².